The molecule has 2 atom stereocenters. The van der Waals surface area contributed by atoms with Crippen LogP contribution in [-0.2, 0) is 22.3 Å². The van der Waals surface area contributed by atoms with Gasteiger partial charge in [0.25, 0.3) is 0 Å². The fourth-order valence-corrected chi connectivity index (χ4v) is 3.32. The van der Waals surface area contributed by atoms with Crippen LogP contribution in [0.15, 0.2) is 36.4 Å². The highest BCUT2D eigenvalue weighted by Crippen LogP contribution is 2.31. The average molecular weight is 445 g/mol. The molecule has 2 saturated heterocycles. The molecule has 0 radical (unpaired) electrons. The minimum Gasteiger partial charge on any atom is -0.508 e. The first kappa shape index (κ1) is 24.2. The van der Waals surface area contributed by atoms with Crippen molar-refractivity contribution in [3.8, 4) is 23.0 Å². The standard InChI is InChI=1S/C14H22O2.C12H14O4/c1-3-5-7-11-12(8-6-4-2)14(16)10-9-13(11)15;1-2-4-12(16-8-10-6-14-10)11(3-1)15-7-9-5-13-9/h9-10,15-16H,3-8H2,1-2H3;1-4,9-10H,5-8H2. The lowest BCUT2D eigenvalue weighted by Gasteiger charge is -2.12. The van der Waals surface area contributed by atoms with Gasteiger partial charge in [-0.1, -0.05) is 38.8 Å². The highest BCUT2D eigenvalue weighted by atomic mass is 16.6. The molecule has 6 nitrogen and oxygen atoms in total. The van der Waals surface area contributed by atoms with Gasteiger partial charge in [-0.3, -0.25) is 0 Å². The Bertz CT molecular complexity index is 761. The molecule has 2 fully saturated rings. The van der Waals surface area contributed by atoms with Crippen molar-refractivity contribution in [3.05, 3.63) is 47.5 Å². The molecule has 0 spiro atoms. The topological polar surface area (TPSA) is 84.0 Å². The zero-order valence-electron chi connectivity index (χ0n) is 19.2. The van der Waals surface area contributed by atoms with E-state index in [1.54, 1.807) is 12.1 Å². The molecule has 2 aliphatic rings. The Hall–Kier alpha value is -2.44. The minimum absolute atomic E-state index is 0.264. The Morgan fingerprint density at radius 2 is 1.16 bits per heavy atom. The normalized spacial score (nSPS) is 18.4. The van der Waals surface area contributed by atoms with Gasteiger partial charge in [-0.15, -0.1) is 0 Å². The van der Waals surface area contributed by atoms with Gasteiger partial charge >= 0.3 is 0 Å². The van der Waals surface area contributed by atoms with E-state index in [0.29, 0.717) is 24.7 Å². The number of phenolic OH excluding ortho intramolecular Hbond substituents is 2. The van der Waals surface area contributed by atoms with E-state index >= 15 is 0 Å². The monoisotopic (exact) mass is 444 g/mol. The lowest BCUT2D eigenvalue weighted by Crippen LogP contribution is -2.08. The van der Waals surface area contributed by atoms with Crippen LogP contribution < -0.4 is 9.47 Å². The van der Waals surface area contributed by atoms with Crippen molar-refractivity contribution >= 4 is 0 Å². The number of hydrogen-bond donors (Lipinski definition) is 2. The third kappa shape index (κ3) is 7.92. The molecule has 2 aromatic rings. The van der Waals surface area contributed by atoms with Gasteiger partial charge in [0, 0.05) is 11.1 Å². The van der Waals surface area contributed by atoms with E-state index in [1.807, 2.05) is 24.3 Å². The van der Waals surface area contributed by atoms with E-state index in [1.165, 1.54) is 0 Å². The van der Waals surface area contributed by atoms with Gasteiger partial charge in [-0.05, 0) is 49.9 Å². The maximum atomic E-state index is 9.83. The van der Waals surface area contributed by atoms with Crippen LogP contribution in [0.25, 0.3) is 0 Å². The number of hydrogen-bond acceptors (Lipinski definition) is 6. The number of phenols is 2. The largest absolute Gasteiger partial charge is 0.508 e. The van der Waals surface area contributed by atoms with E-state index in [2.05, 4.69) is 13.8 Å². The van der Waals surface area contributed by atoms with Gasteiger partial charge < -0.3 is 29.2 Å². The van der Waals surface area contributed by atoms with Crippen molar-refractivity contribution in [2.75, 3.05) is 26.4 Å². The quantitative estimate of drug-likeness (QED) is 0.353. The molecule has 6 heteroatoms. The minimum atomic E-state index is 0.264. The summed E-state index contributed by atoms with van der Waals surface area (Å²) in [5.74, 6) is 2.21. The van der Waals surface area contributed by atoms with Crippen molar-refractivity contribution < 1.29 is 29.2 Å². The maximum absolute atomic E-state index is 9.83. The fourth-order valence-electron chi connectivity index (χ4n) is 3.32. The average Bonchev–Trinajstić information content (AvgIpc) is 3.72. The maximum Gasteiger partial charge on any atom is 0.161 e. The molecule has 0 amide bonds. The zero-order chi connectivity index (χ0) is 22.8. The Kier molecular flexibility index (Phi) is 9.50. The van der Waals surface area contributed by atoms with E-state index in [0.717, 1.165) is 74.4 Å². The van der Waals surface area contributed by atoms with Gasteiger partial charge in [0.2, 0.25) is 0 Å². The summed E-state index contributed by atoms with van der Waals surface area (Å²) in [4.78, 5) is 0. The predicted octanol–water partition coefficient (Wildman–Crippen LogP) is 5.02. The van der Waals surface area contributed by atoms with Gasteiger partial charge in [0.05, 0.1) is 13.2 Å². The molecule has 2 heterocycles. The summed E-state index contributed by atoms with van der Waals surface area (Å²) < 4.78 is 21.4. The molecule has 32 heavy (non-hydrogen) atoms. The highest BCUT2D eigenvalue weighted by Gasteiger charge is 2.25. The van der Waals surface area contributed by atoms with Crippen LogP contribution in [0.2, 0.25) is 0 Å². The molecule has 176 valence electrons. The molecule has 4 rings (SSSR count). The second-order valence-corrected chi connectivity index (χ2v) is 8.25. The summed E-state index contributed by atoms with van der Waals surface area (Å²) in [7, 11) is 0. The van der Waals surface area contributed by atoms with E-state index < -0.39 is 0 Å². The summed E-state index contributed by atoms with van der Waals surface area (Å²) in [5, 5.41) is 19.7. The predicted molar refractivity (Wildman–Crippen MR) is 124 cm³/mol. The van der Waals surface area contributed by atoms with Gasteiger partial charge in [-0.25, -0.2) is 0 Å². The second kappa shape index (κ2) is 12.6. The van der Waals surface area contributed by atoms with Crippen LogP contribution in [0.3, 0.4) is 0 Å². The number of epoxide rings is 2. The van der Waals surface area contributed by atoms with Gasteiger partial charge in [0.15, 0.2) is 11.5 Å². The molecular weight excluding hydrogens is 408 g/mol. The number of rotatable bonds is 12. The van der Waals surface area contributed by atoms with E-state index in [-0.39, 0.29) is 12.2 Å². The van der Waals surface area contributed by atoms with Crippen LogP contribution in [-0.4, -0.2) is 48.8 Å². The smallest absolute Gasteiger partial charge is 0.161 e. The molecule has 2 unspecified atom stereocenters. The summed E-state index contributed by atoms with van der Waals surface area (Å²) in [6.45, 7) is 7.07. The third-order valence-corrected chi connectivity index (χ3v) is 5.45. The van der Waals surface area contributed by atoms with Crippen molar-refractivity contribution in [2.24, 2.45) is 0 Å². The van der Waals surface area contributed by atoms with Crippen molar-refractivity contribution in [1.29, 1.82) is 0 Å². The second-order valence-electron chi connectivity index (χ2n) is 8.25. The first-order valence-corrected chi connectivity index (χ1v) is 11.7. The zero-order valence-corrected chi connectivity index (χ0v) is 19.2. The van der Waals surface area contributed by atoms with Crippen molar-refractivity contribution in [3.63, 3.8) is 0 Å². The number of para-hydroxylation sites is 2. The number of aromatic hydroxyl groups is 2. The number of benzene rings is 2. The molecule has 2 aromatic carbocycles. The molecule has 0 saturated carbocycles. The van der Waals surface area contributed by atoms with E-state index in [9.17, 15) is 10.2 Å². The Morgan fingerprint density at radius 3 is 1.50 bits per heavy atom. The fraction of sp³-hybridized carbons (Fsp3) is 0.538. The van der Waals surface area contributed by atoms with E-state index in [4.69, 9.17) is 18.9 Å². The Morgan fingerprint density at radius 1 is 0.750 bits per heavy atom. The van der Waals surface area contributed by atoms with Crippen LogP contribution in [0.4, 0.5) is 0 Å². The Balaban J connectivity index is 0.000000181. The summed E-state index contributed by atoms with van der Waals surface area (Å²) in [5.41, 5.74) is 1.88. The molecule has 2 N–H and O–H groups in total. The van der Waals surface area contributed by atoms with Crippen LogP contribution in [0.5, 0.6) is 23.0 Å². The molecule has 0 aromatic heterocycles. The van der Waals surface area contributed by atoms with Crippen LogP contribution >= 0.6 is 0 Å². The lowest BCUT2D eigenvalue weighted by molar-refractivity contribution is 0.228. The lowest BCUT2D eigenvalue weighted by atomic mass is 9.96. The number of unbranched alkanes of at least 4 members (excludes halogenated alkanes) is 2. The van der Waals surface area contributed by atoms with Crippen molar-refractivity contribution in [1.82, 2.24) is 0 Å². The number of ether oxygens (including phenoxy) is 4. The Labute approximate surface area is 191 Å². The third-order valence-electron chi connectivity index (χ3n) is 5.45. The molecule has 2 aliphatic heterocycles. The van der Waals surface area contributed by atoms with Gasteiger partial charge in [0.1, 0.15) is 36.9 Å². The molecule has 0 aliphatic carbocycles. The van der Waals surface area contributed by atoms with Crippen LogP contribution in [0, 0.1) is 0 Å². The van der Waals surface area contributed by atoms with Gasteiger partial charge in [-0.2, -0.15) is 0 Å². The first-order chi connectivity index (χ1) is 15.6. The molecular formula is C26H36O6. The van der Waals surface area contributed by atoms with Crippen LogP contribution in [0.1, 0.15) is 50.7 Å². The summed E-state index contributed by atoms with van der Waals surface area (Å²) >= 11 is 0. The van der Waals surface area contributed by atoms with Crippen molar-refractivity contribution in [2.45, 2.75) is 64.6 Å². The SMILES string of the molecule is CCCCc1c(O)ccc(O)c1CCCC.c1ccc(OCC2CO2)c(OCC2CO2)c1. The molecule has 0 bridgehead atoms. The summed E-state index contributed by atoms with van der Waals surface area (Å²) in [6, 6.07) is 10.9. The first-order valence-electron chi connectivity index (χ1n) is 11.7. The highest BCUT2D eigenvalue weighted by molar-refractivity contribution is 5.47. The summed E-state index contributed by atoms with van der Waals surface area (Å²) in [6.07, 6.45) is 6.54.